The quantitative estimate of drug-likeness (QED) is 0.413. The van der Waals surface area contributed by atoms with Crippen LogP contribution in [0.3, 0.4) is 0 Å². The number of rotatable bonds is 1. The maximum absolute atomic E-state index is 9.06. The first-order chi connectivity index (χ1) is 1.91. The third kappa shape index (κ3) is 2.90. The summed E-state index contributed by atoms with van der Waals surface area (Å²) in [5, 5.41) is 0. The summed E-state index contributed by atoms with van der Waals surface area (Å²) in [6, 6.07) is 0. The number of hydrogen-bond acceptors (Lipinski definition) is 2. The molecule has 0 N–H and O–H groups in total. The zero-order chi connectivity index (χ0) is 3.41. The molecule has 0 aromatic carbocycles. The van der Waals surface area contributed by atoms with Gasteiger partial charge in [0, 0.05) is 0 Å². The van der Waals surface area contributed by atoms with Crippen LogP contribution >= 0.6 is 0 Å². The Morgan fingerprint density at radius 1 is 2.00 bits per heavy atom. The Morgan fingerprint density at radius 3 is 2.25 bits per heavy atom. The van der Waals surface area contributed by atoms with Crippen molar-refractivity contribution in [1.82, 2.24) is 0 Å². The predicted molar refractivity (Wildman–Crippen MR) is 17.8 cm³/mol. The Morgan fingerprint density at radius 2 is 2.25 bits per heavy atom. The van der Waals surface area contributed by atoms with Gasteiger partial charge in [0.1, 0.15) is 0 Å². The first kappa shape index (κ1) is 4.90. The molecule has 2 nitrogen and oxygen atoms in total. The number of thiol groups is 1. The zero-order valence-electron chi connectivity index (χ0n) is 1.71. The third-order valence-electron chi connectivity index (χ3n) is 0.0333. The minimum absolute atomic E-state index is 0.229. The summed E-state index contributed by atoms with van der Waals surface area (Å²) in [5.41, 5.74) is 0. The third-order valence-corrected chi connectivity index (χ3v) is 0.671. The van der Waals surface area contributed by atoms with Gasteiger partial charge < -0.3 is 0 Å². The van der Waals surface area contributed by atoms with E-state index in [0.29, 0.717) is 0 Å². The van der Waals surface area contributed by atoms with Gasteiger partial charge in [0.15, 0.2) is 0 Å². The van der Waals surface area contributed by atoms with Gasteiger partial charge in [-0.25, -0.2) is 0 Å². The van der Waals surface area contributed by atoms with Gasteiger partial charge in [-0.15, -0.1) is 0 Å². The zero-order valence-corrected chi connectivity index (χ0v) is 5.16. The van der Waals surface area contributed by atoms with E-state index in [0.717, 1.165) is 22.7 Å². The van der Waals surface area contributed by atoms with E-state index >= 15 is 0 Å². The standard InChI is InChI=1S/H2O2STe/c1-3-2-4/h3-4H. The normalized spacial score (nSPS) is 7.25. The molecule has 0 bridgehead atoms. The van der Waals surface area contributed by atoms with E-state index in [1.807, 2.05) is 0 Å². The van der Waals surface area contributed by atoms with Crippen LogP contribution in [0.5, 0.6) is 0 Å². The van der Waals surface area contributed by atoms with Gasteiger partial charge in [-0.3, -0.25) is 0 Å². The van der Waals surface area contributed by atoms with E-state index in [-0.39, 0.29) is 11.9 Å². The molecule has 0 saturated carbocycles. The topological polar surface area (TPSA) is 26.3 Å². The van der Waals surface area contributed by atoms with Gasteiger partial charge in [0.2, 0.25) is 0 Å². The fourth-order valence-electron chi connectivity index (χ4n) is 0. The number of hydrogen-bond donors (Lipinski definition) is 1. The molecule has 0 heterocycles. The van der Waals surface area contributed by atoms with Crippen LogP contribution in [-0.2, 0) is 14.5 Å². The maximum atomic E-state index is 9.06. The van der Waals surface area contributed by atoms with Gasteiger partial charge in [-0.1, -0.05) is 0 Å². The van der Waals surface area contributed by atoms with Crippen LogP contribution in [0, 0.1) is 0 Å². The van der Waals surface area contributed by atoms with Crippen LogP contribution in [0.4, 0.5) is 0 Å². The molecule has 0 saturated heterocycles. The molecule has 0 aliphatic carbocycles. The Hall–Kier alpha value is 0.900. The SMILES string of the molecule is O=[SH]O[TeH]. The van der Waals surface area contributed by atoms with Crippen LogP contribution in [0.2, 0.25) is 0 Å². The molecule has 0 amide bonds. The summed E-state index contributed by atoms with van der Waals surface area (Å²) < 4.78 is 13.1. The second kappa shape index (κ2) is 3.90. The summed E-state index contributed by atoms with van der Waals surface area (Å²) in [4.78, 5) is 0. The molecule has 0 fully saturated rings. The van der Waals surface area contributed by atoms with E-state index in [9.17, 15) is 0 Å². The van der Waals surface area contributed by atoms with Gasteiger partial charge in [0.25, 0.3) is 0 Å². The van der Waals surface area contributed by atoms with Crippen LogP contribution in [0.25, 0.3) is 0 Å². The predicted octanol–water partition coefficient (Wildman–Crippen LogP) is -1.32. The molecule has 0 atom stereocenters. The fraction of sp³-hybridized carbons (Fsp3) is 0. The molecule has 0 aromatic rings. The molecule has 0 aliphatic rings. The van der Waals surface area contributed by atoms with Crippen molar-refractivity contribution in [3.63, 3.8) is 0 Å². The molecule has 0 unspecified atom stereocenters. The molecule has 4 heteroatoms. The molecule has 0 rings (SSSR count). The molecule has 0 aromatic heterocycles. The van der Waals surface area contributed by atoms with Crippen LogP contribution in [0.15, 0.2) is 0 Å². The summed E-state index contributed by atoms with van der Waals surface area (Å²) >= 11 is 0.842. The van der Waals surface area contributed by atoms with Crippen LogP contribution in [-0.4, -0.2) is 26.9 Å². The summed E-state index contributed by atoms with van der Waals surface area (Å²) in [6.45, 7) is 0. The van der Waals surface area contributed by atoms with Crippen molar-refractivity contribution in [3.8, 4) is 0 Å². The Balaban J connectivity index is 2.30. The molecule has 26 valence electrons. The van der Waals surface area contributed by atoms with Crippen LogP contribution < -0.4 is 0 Å². The van der Waals surface area contributed by atoms with Crippen molar-refractivity contribution < 1.29 is 6.76 Å². The molecular formula is H2O2STe. The molecule has 4 heavy (non-hydrogen) atoms. The van der Waals surface area contributed by atoms with Gasteiger partial charge in [-0.2, -0.15) is 0 Å². The van der Waals surface area contributed by atoms with E-state index in [4.69, 9.17) is 4.21 Å². The van der Waals surface area contributed by atoms with E-state index < -0.39 is 0 Å². The second-order valence-corrected chi connectivity index (χ2v) is 1.87. The minimum atomic E-state index is -0.229. The van der Waals surface area contributed by atoms with Gasteiger partial charge in [-0.05, 0) is 0 Å². The Bertz CT molecular complexity index is 20.0. The van der Waals surface area contributed by atoms with Crippen molar-refractivity contribution in [2.24, 2.45) is 0 Å². The van der Waals surface area contributed by atoms with E-state index in [1.165, 1.54) is 0 Å². The van der Waals surface area contributed by atoms with Gasteiger partial charge >= 0.3 is 41.4 Å². The first-order valence-electron chi connectivity index (χ1n) is 0.548. The van der Waals surface area contributed by atoms with Gasteiger partial charge in [0.05, 0.1) is 0 Å². The van der Waals surface area contributed by atoms with E-state index in [1.54, 1.807) is 0 Å². The molecule has 0 radical (unpaired) electrons. The average Bonchev–Trinajstić information content (AvgIpc) is 1.37. The fourth-order valence-corrected chi connectivity index (χ4v) is 0. The summed E-state index contributed by atoms with van der Waals surface area (Å²) in [7, 11) is 0. The molecule has 0 spiro atoms. The van der Waals surface area contributed by atoms with Crippen molar-refractivity contribution >= 4 is 34.7 Å². The molecular weight excluding hydrogens is 192 g/mol. The van der Waals surface area contributed by atoms with E-state index in [2.05, 4.69) is 2.55 Å². The van der Waals surface area contributed by atoms with Crippen LogP contribution in [0.1, 0.15) is 0 Å². The molecule has 0 aliphatic heterocycles. The van der Waals surface area contributed by atoms with Crippen molar-refractivity contribution in [2.75, 3.05) is 0 Å². The van der Waals surface area contributed by atoms with Crippen molar-refractivity contribution in [2.45, 2.75) is 0 Å². The van der Waals surface area contributed by atoms with Crippen molar-refractivity contribution in [3.05, 3.63) is 0 Å². The Labute approximate surface area is 41.7 Å². The first-order valence-corrected chi connectivity index (χ1v) is 2.32. The second-order valence-electron chi connectivity index (χ2n) is 0.156. The Kier molecular flexibility index (Phi) is 4.78. The summed E-state index contributed by atoms with van der Waals surface area (Å²) in [6.07, 6.45) is 0. The van der Waals surface area contributed by atoms with Crippen molar-refractivity contribution in [1.29, 1.82) is 0 Å². The summed E-state index contributed by atoms with van der Waals surface area (Å²) in [5.74, 6) is 0. The average molecular weight is 194 g/mol. The monoisotopic (exact) mass is 196 g/mol.